The summed E-state index contributed by atoms with van der Waals surface area (Å²) >= 11 is 6.20. The lowest BCUT2D eigenvalue weighted by molar-refractivity contribution is -0.128. The maximum atomic E-state index is 12.1. The SMILES string of the molecule is O=C1CC(Cn2ccnc2-c2cccc(O)c2Cl)CN1C1CC1. The quantitative estimate of drug-likeness (QED) is 0.937. The maximum Gasteiger partial charge on any atom is 0.223 e. The molecule has 1 aromatic heterocycles. The Morgan fingerprint density at radius 3 is 2.96 bits per heavy atom. The molecule has 1 saturated heterocycles. The van der Waals surface area contributed by atoms with E-state index in [4.69, 9.17) is 11.6 Å². The number of imidazole rings is 1. The first kappa shape index (κ1) is 14.6. The first-order chi connectivity index (χ1) is 11.1. The number of phenolic OH excluding ortho intramolecular Hbond substituents is 1. The van der Waals surface area contributed by atoms with E-state index in [0.717, 1.165) is 31.8 Å². The van der Waals surface area contributed by atoms with Crippen LogP contribution in [0.25, 0.3) is 11.4 Å². The number of phenols is 1. The molecule has 0 bridgehead atoms. The van der Waals surface area contributed by atoms with Crippen molar-refractivity contribution in [2.45, 2.75) is 31.8 Å². The number of benzene rings is 1. The second-order valence-corrected chi connectivity index (χ2v) is 6.77. The number of amides is 1. The van der Waals surface area contributed by atoms with Gasteiger partial charge in [-0.2, -0.15) is 0 Å². The number of hydrogen-bond acceptors (Lipinski definition) is 3. The van der Waals surface area contributed by atoms with Gasteiger partial charge in [-0.25, -0.2) is 4.98 Å². The lowest BCUT2D eigenvalue weighted by Crippen LogP contribution is -2.27. The van der Waals surface area contributed by atoms with Crippen LogP contribution in [0.4, 0.5) is 0 Å². The molecule has 1 unspecified atom stereocenters. The van der Waals surface area contributed by atoms with E-state index < -0.39 is 0 Å². The Morgan fingerprint density at radius 1 is 1.35 bits per heavy atom. The number of aromatic nitrogens is 2. The van der Waals surface area contributed by atoms with Crippen molar-refractivity contribution in [1.82, 2.24) is 14.5 Å². The van der Waals surface area contributed by atoms with Gasteiger partial charge in [-0.15, -0.1) is 0 Å². The number of likely N-dealkylation sites (tertiary alicyclic amines) is 1. The van der Waals surface area contributed by atoms with E-state index in [2.05, 4.69) is 4.98 Å². The van der Waals surface area contributed by atoms with Crippen molar-refractivity contribution in [2.24, 2.45) is 5.92 Å². The Balaban J connectivity index is 1.56. The molecule has 1 amide bonds. The van der Waals surface area contributed by atoms with Crippen molar-refractivity contribution in [2.75, 3.05) is 6.54 Å². The third kappa shape index (κ3) is 2.70. The van der Waals surface area contributed by atoms with Gasteiger partial charge in [0.25, 0.3) is 0 Å². The average Bonchev–Trinajstić information content (AvgIpc) is 3.16. The number of carbonyl (C=O) groups excluding carboxylic acids is 1. The van der Waals surface area contributed by atoms with Crippen molar-refractivity contribution in [3.05, 3.63) is 35.6 Å². The van der Waals surface area contributed by atoms with E-state index in [-0.39, 0.29) is 11.7 Å². The molecule has 0 spiro atoms. The van der Waals surface area contributed by atoms with E-state index in [1.165, 1.54) is 0 Å². The van der Waals surface area contributed by atoms with Gasteiger partial charge in [0, 0.05) is 49.4 Å². The Labute approximate surface area is 139 Å². The molecule has 2 heterocycles. The number of carbonyl (C=O) groups is 1. The zero-order chi connectivity index (χ0) is 16.0. The molecule has 6 heteroatoms. The molecule has 23 heavy (non-hydrogen) atoms. The summed E-state index contributed by atoms with van der Waals surface area (Å²) in [6.07, 6.45) is 6.52. The molecule has 2 aliphatic rings. The van der Waals surface area contributed by atoms with Gasteiger partial charge in [0.15, 0.2) is 0 Å². The van der Waals surface area contributed by atoms with Crippen LogP contribution in [0, 0.1) is 5.92 Å². The summed E-state index contributed by atoms with van der Waals surface area (Å²) in [5.74, 6) is 1.35. The number of halogens is 1. The maximum absolute atomic E-state index is 12.1. The summed E-state index contributed by atoms with van der Waals surface area (Å²) in [4.78, 5) is 18.5. The van der Waals surface area contributed by atoms with Crippen LogP contribution < -0.4 is 0 Å². The van der Waals surface area contributed by atoms with Gasteiger partial charge in [-0.05, 0) is 25.0 Å². The third-order valence-electron chi connectivity index (χ3n) is 4.62. The lowest BCUT2D eigenvalue weighted by Gasteiger charge is -2.16. The van der Waals surface area contributed by atoms with Crippen LogP contribution in [0.5, 0.6) is 5.75 Å². The Kier molecular flexibility index (Phi) is 3.53. The molecule has 1 atom stereocenters. The predicted molar refractivity (Wildman–Crippen MR) is 87.2 cm³/mol. The average molecular weight is 332 g/mol. The smallest absolute Gasteiger partial charge is 0.223 e. The summed E-state index contributed by atoms with van der Waals surface area (Å²) in [5.41, 5.74) is 0.708. The van der Waals surface area contributed by atoms with Crippen molar-refractivity contribution < 1.29 is 9.90 Å². The molecule has 4 rings (SSSR count). The highest BCUT2D eigenvalue weighted by Crippen LogP contribution is 2.35. The van der Waals surface area contributed by atoms with Crippen molar-refractivity contribution in [3.8, 4) is 17.1 Å². The normalized spacial score (nSPS) is 21.2. The van der Waals surface area contributed by atoms with Crippen LogP contribution in [-0.4, -0.2) is 38.1 Å². The second-order valence-electron chi connectivity index (χ2n) is 6.39. The van der Waals surface area contributed by atoms with Gasteiger partial charge in [0.05, 0.1) is 5.02 Å². The van der Waals surface area contributed by atoms with Crippen LogP contribution in [0.1, 0.15) is 19.3 Å². The first-order valence-corrected chi connectivity index (χ1v) is 8.29. The van der Waals surface area contributed by atoms with Crippen LogP contribution in [0.15, 0.2) is 30.6 Å². The van der Waals surface area contributed by atoms with Crippen LogP contribution in [0.3, 0.4) is 0 Å². The highest BCUT2D eigenvalue weighted by atomic mass is 35.5. The minimum atomic E-state index is 0.0506. The third-order valence-corrected chi connectivity index (χ3v) is 5.01. The zero-order valence-corrected chi connectivity index (χ0v) is 13.4. The number of nitrogens with zero attached hydrogens (tertiary/aromatic N) is 3. The van der Waals surface area contributed by atoms with E-state index in [1.807, 2.05) is 21.7 Å². The predicted octanol–water partition coefficient (Wildman–Crippen LogP) is 2.92. The van der Waals surface area contributed by atoms with E-state index in [0.29, 0.717) is 29.0 Å². The molecule has 1 N–H and O–H groups in total. The van der Waals surface area contributed by atoms with Crippen LogP contribution >= 0.6 is 11.6 Å². The second kappa shape index (κ2) is 5.57. The number of hydrogen-bond donors (Lipinski definition) is 1. The highest BCUT2D eigenvalue weighted by Gasteiger charge is 2.39. The molecule has 5 nitrogen and oxygen atoms in total. The summed E-state index contributed by atoms with van der Waals surface area (Å²) in [6.45, 7) is 1.56. The molecular formula is C17H18ClN3O2. The Hall–Kier alpha value is -2.01. The molecule has 120 valence electrons. The topological polar surface area (TPSA) is 58.4 Å². The first-order valence-electron chi connectivity index (χ1n) is 7.92. The van der Waals surface area contributed by atoms with Crippen LogP contribution in [0.2, 0.25) is 5.02 Å². The van der Waals surface area contributed by atoms with Gasteiger partial charge < -0.3 is 14.6 Å². The molecule has 1 aliphatic heterocycles. The van der Waals surface area contributed by atoms with Gasteiger partial charge >= 0.3 is 0 Å². The summed E-state index contributed by atoms with van der Waals surface area (Å²) < 4.78 is 2.02. The van der Waals surface area contributed by atoms with Crippen molar-refractivity contribution in [1.29, 1.82) is 0 Å². The summed E-state index contributed by atoms with van der Waals surface area (Å²) in [5, 5.41) is 10.1. The highest BCUT2D eigenvalue weighted by molar-refractivity contribution is 6.34. The number of aromatic hydroxyl groups is 1. The summed E-state index contributed by atoms with van der Waals surface area (Å²) in [7, 11) is 0. The fraction of sp³-hybridized carbons (Fsp3) is 0.412. The minimum absolute atomic E-state index is 0.0506. The molecule has 1 aliphatic carbocycles. The molecular weight excluding hydrogens is 314 g/mol. The largest absolute Gasteiger partial charge is 0.506 e. The fourth-order valence-corrected chi connectivity index (χ4v) is 3.55. The van der Waals surface area contributed by atoms with E-state index in [9.17, 15) is 9.90 Å². The monoisotopic (exact) mass is 331 g/mol. The number of rotatable bonds is 4. The van der Waals surface area contributed by atoms with E-state index >= 15 is 0 Å². The minimum Gasteiger partial charge on any atom is -0.506 e. The van der Waals surface area contributed by atoms with Gasteiger partial charge in [-0.1, -0.05) is 17.7 Å². The molecule has 1 saturated carbocycles. The standard InChI is InChI=1S/C17H18ClN3O2/c18-16-13(2-1-3-14(16)22)17-19-6-7-20(17)9-11-8-15(23)21(10-11)12-4-5-12/h1-3,6-7,11-12,22H,4-5,8-10H2. The van der Waals surface area contributed by atoms with Gasteiger partial charge in [0.2, 0.25) is 5.91 Å². The van der Waals surface area contributed by atoms with E-state index in [1.54, 1.807) is 18.3 Å². The van der Waals surface area contributed by atoms with Crippen molar-refractivity contribution in [3.63, 3.8) is 0 Å². The molecule has 2 aromatic rings. The van der Waals surface area contributed by atoms with Crippen molar-refractivity contribution >= 4 is 17.5 Å². The molecule has 1 aromatic carbocycles. The lowest BCUT2D eigenvalue weighted by atomic mass is 10.1. The molecule has 2 fully saturated rings. The van der Waals surface area contributed by atoms with Gasteiger partial charge in [-0.3, -0.25) is 4.79 Å². The molecule has 0 radical (unpaired) electrons. The van der Waals surface area contributed by atoms with Crippen LogP contribution in [-0.2, 0) is 11.3 Å². The van der Waals surface area contributed by atoms with Gasteiger partial charge in [0.1, 0.15) is 11.6 Å². The zero-order valence-electron chi connectivity index (χ0n) is 12.7. The Morgan fingerprint density at radius 2 is 2.17 bits per heavy atom. The fourth-order valence-electron chi connectivity index (χ4n) is 3.34. The Bertz CT molecular complexity index is 754. The summed E-state index contributed by atoms with van der Waals surface area (Å²) in [6, 6.07) is 5.64.